The lowest BCUT2D eigenvalue weighted by Gasteiger charge is -2.23. The average molecular weight is 293 g/mol. The van der Waals surface area contributed by atoms with Crippen molar-refractivity contribution in [3.05, 3.63) is 33.1 Å². The van der Waals surface area contributed by atoms with Gasteiger partial charge in [0.25, 0.3) is 0 Å². The van der Waals surface area contributed by atoms with Gasteiger partial charge < -0.3 is 5.73 Å². The third-order valence-corrected chi connectivity index (χ3v) is 3.09. The van der Waals surface area contributed by atoms with Crippen LogP contribution in [0.2, 0.25) is 0 Å². The van der Waals surface area contributed by atoms with E-state index in [4.69, 9.17) is 5.73 Å². The Kier molecular flexibility index (Phi) is 3.29. The molecule has 72 valence electrons. The molecule has 0 fully saturated rings. The number of nitrogens with two attached hydrogens (primary N) is 1. The molecule has 3 heteroatoms. The molecular weight excluding hydrogens is 280 g/mol. The summed E-state index contributed by atoms with van der Waals surface area (Å²) in [5, 5.41) is 0. The van der Waals surface area contributed by atoms with Gasteiger partial charge in [-0.2, -0.15) is 0 Å². The molecule has 0 aromatic heterocycles. The van der Waals surface area contributed by atoms with E-state index in [1.165, 1.54) is 0 Å². The molecule has 0 spiro atoms. The molecular formula is C10H13FIN. The highest BCUT2D eigenvalue weighted by Crippen LogP contribution is 2.24. The second kappa shape index (κ2) is 3.92. The lowest BCUT2D eigenvalue weighted by molar-refractivity contribution is 0.529. The van der Waals surface area contributed by atoms with Crippen molar-refractivity contribution in [3.8, 4) is 0 Å². The van der Waals surface area contributed by atoms with E-state index in [9.17, 15) is 4.39 Å². The highest BCUT2D eigenvalue weighted by Gasteiger charge is 2.19. The van der Waals surface area contributed by atoms with E-state index in [0.717, 1.165) is 5.56 Å². The molecule has 0 atom stereocenters. The molecule has 0 amide bonds. The van der Waals surface area contributed by atoms with Crippen LogP contribution >= 0.6 is 22.6 Å². The first kappa shape index (κ1) is 10.9. The Bertz CT molecular complexity index is 310. The largest absolute Gasteiger partial charge is 0.330 e. The van der Waals surface area contributed by atoms with Crippen molar-refractivity contribution in [2.45, 2.75) is 19.3 Å². The minimum atomic E-state index is -0.167. The zero-order chi connectivity index (χ0) is 10.1. The molecule has 0 aliphatic rings. The van der Waals surface area contributed by atoms with Gasteiger partial charge in [0.15, 0.2) is 0 Å². The molecule has 0 aliphatic heterocycles. The summed E-state index contributed by atoms with van der Waals surface area (Å²) in [7, 11) is 0. The molecule has 1 aromatic rings. The van der Waals surface area contributed by atoms with Crippen LogP contribution in [0, 0.1) is 9.39 Å². The molecule has 1 rings (SSSR count). The number of halogens is 2. The number of hydrogen-bond acceptors (Lipinski definition) is 1. The summed E-state index contributed by atoms with van der Waals surface area (Å²) < 4.78 is 13.8. The monoisotopic (exact) mass is 293 g/mol. The van der Waals surface area contributed by atoms with Crippen molar-refractivity contribution in [1.29, 1.82) is 0 Å². The van der Waals surface area contributed by atoms with E-state index in [2.05, 4.69) is 0 Å². The molecule has 13 heavy (non-hydrogen) atoms. The van der Waals surface area contributed by atoms with Crippen molar-refractivity contribution >= 4 is 22.6 Å². The lowest BCUT2D eigenvalue weighted by Crippen LogP contribution is -2.28. The average Bonchev–Trinajstić information content (AvgIpc) is 2.09. The molecule has 0 radical (unpaired) electrons. The predicted molar refractivity (Wildman–Crippen MR) is 61.2 cm³/mol. The molecule has 2 N–H and O–H groups in total. The van der Waals surface area contributed by atoms with Crippen molar-refractivity contribution in [3.63, 3.8) is 0 Å². The zero-order valence-electron chi connectivity index (χ0n) is 7.77. The van der Waals surface area contributed by atoms with E-state index >= 15 is 0 Å². The lowest BCUT2D eigenvalue weighted by atomic mass is 9.85. The molecule has 0 unspecified atom stereocenters. The van der Waals surface area contributed by atoms with Crippen molar-refractivity contribution in [2.24, 2.45) is 5.73 Å². The molecule has 0 aliphatic carbocycles. The normalized spacial score (nSPS) is 11.8. The van der Waals surface area contributed by atoms with Crippen LogP contribution in [0.25, 0.3) is 0 Å². The van der Waals surface area contributed by atoms with E-state index in [1.807, 2.05) is 42.5 Å². The first-order valence-electron chi connectivity index (χ1n) is 4.13. The molecule has 0 bridgehead atoms. The summed E-state index contributed by atoms with van der Waals surface area (Å²) in [6.45, 7) is 4.54. The van der Waals surface area contributed by atoms with Gasteiger partial charge in [0.05, 0.1) is 0 Å². The Morgan fingerprint density at radius 2 is 2.08 bits per heavy atom. The molecule has 1 nitrogen and oxygen atoms in total. The number of rotatable bonds is 2. The Hall–Kier alpha value is -0.160. The summed E-state index contributed by atoms with van der Waals surface area (Å²) in [4.78, 5) is 0. The third kappa shape index (κ3) is 2.40. The smallest absolute Gasteiger partial charge is 0.136 e. The maximum atomic E-state index is 13.2. The number of benzene rings is 1. The quantitative estimate of drug-likeness (QED) is 0.834. The molecule has 0 heterocycles. The SMILES string of the molecule is CC(C)(CN)c1ccc(I)c(F)c1. The van der Waals surface area contributed by atoms with Gasteiger partial charge in [-0.1, -0.05) is 19.9 Å². The zero-order valence-corrected chi connectivity index (χ0v) is 9.93. The van der Waals surface area contributed by atoms with Crippen molar-refractivity contribution in [2.75, 3.05) is 6.54 Å². The Balaban J connectivity index is 3.10. The first-order valence-corrected chi connectivity index (χ1v) is 5.21. The van der Waals surface area contributed by atoms with E-state index in [0.29, 0.717) is 10.1 Å². The van der Waals surface area contributed by atoms with Gasteiger partial charge in [-0.25, -0.2) is 4.39 Å². The summed E-state index contributed by atoms with van der Waals surface area (Å²) in [5.41, 5.74) is 6.41. The second-order valence-corrected chi connectivity index (χ2v) is 4.88. The summed E-state index contributed by atoms with van der Waals surface area (Å²) in [5.74, 6) is -0.167. The van der Waals surface area contributed by atoms with Crippen LogP contribution in [0.4, 0.5) is 4.39 Å². The third-order valence-electron chi connectivity index (χ3n) is 2.21. The minimum absolute atomic E-state index is 0.148. The van der Waals surface area contributed by atoms with Crippen LogP contribution in [0.5, 0.6) is 0 Å². The summed E-state index contributed by atoms with van der Waals surface area (Å²) in [6, 6.07) is 5.27. The van der Waals surface area contributed by atoms with Crippen LogP contribution < -0.4 is 5.73 Å². The van der Waals surface area contributed by atoms with Crippen LogP contribution in [-0.2, 0) is 5.41 Å². The van der Waals surface area contributed by atoms with Crippen LogP contribution in [0.15, 0.2) is 18.2 Å². The van der Waals surface area contributed by atoms with Crippen molar-refractivity contribution in [1.82, 2.24) is 0 Å². The Labute approximate surface area is 91.7 Å². The standard InChI is InChI=1S/C10H13FIN/c1-10(2,6-13)7-3-4-9(12)8(11)5-7/h3-5H,6,13H2,1-2H3. The second-order valence-electron chi connectivity index (χ2n) is 3.72. The molecule has 0 saturated heterocycles. The van der Waals surface area contributed by atoms with E-state index < -0.39 is 0 Å². The van der Waals surface area contributed by atoms with Gasteiger partial charge in [-0.05, 0) is 40.3 Å². The van der Waals surface area contributed by atoms with Crippen LogP contribution in [-0.4, -0.2) is 6.54 Å². The van der Waals surface area contributed by atoms with Gasteiger partial charge in [0.2, 0.25) is 0 Å². The minimum Gasteiger partial charge on any atom is -0.330 e. The van der Waals surface area contributed by atoms with Crippen LogP contribution in [0.1, 0.15) is 19.4 Å². The van der Waals surface area contributed by atoms with Gasteiger partial charge in [0.1, 0.15) is 5.82 Å². The highest BCUT2D eigenvalue weighted by molar-refractivity contribution is 14.1. The fourth-order valence-corrected chi connectivity index (χ4v) is 1.37. The van der Waals surface area contributed by atoms with Crippen molar-refractivity contribution < 1.29 is 4.39 Å². The van der Waals surface area contributed by atoms with E-state index in [-0.39, 0.29) is 11.2 Å². The molecule has 1 aromatic carbocycles. The van der Waals surface area contributed by atoms with E-state index in [1.54, 1.807) is 12.1 Å². The van der Waals surface area contributed by atoms with Gasteiger partial charge in [-0.15, -0.1) is 0 Å². The Morgan fingerprint density at radius 1 is 1.46 bits per heavy atom. The van der Waals surface area contributed by atoms with Gasteiger partial charge in [-0.3, -0.25) is 0 Å². The molecule has 0 saturated carbocycles. The maximum Gasteiger partial charge on any atom is 0.136 e. The first-order chi connectivity index (χ1) is 5.97. The Morgan fingerprint density at radius 3 is 2.54 bits per heavy atom. The summed E-state index contributed by atoms with van der Waals surface area (Å²) >= 11 is 1.98. The number of hydrogen-bond donors (Lipinski definition) is 1. The summed E-state index contributed by atoms with van der Waals surface area (Å²) in [6.07, 6.45) is 0. The highest BCUT2D eigenvalue weighted by atomic mass is 127. The van der Waals surface area contributed by atoms with Crippen LogP contribution in [0.3, 0.4) is 0 Å². The maximum absolute atomic E-state index is 13.2. The van der Waals surface area contributed by atoms with Gasteiger partial charge >= 0.3 is 0 Å². The predicted octanol–water partition coefficient (Wildman–Crippen LogP) is 2.67. The van der Waals surface area contributed by atoms with Gasteiger partial charge in [0, 0.05) is 15.5 Å². The topological polar surface area (TPSA) is 26.0 Å². The fraction of sp³-hybridized carbons (Fsp3) is 0.400. The fourth-order valence-electron chi connectivity index (χ4n) is 1.03.